The molecule has 0 atom stereocenters. The molecule has 0 unspecified atom stereocenters. The Morgan fingerprint density at radius 1 is 0.286 bits per heavy atom. The van der Waals surface area contributed by atoms with E-state index >= 15 is 0 Å². The van der Waals surface area contributed by atoms with E-state index in [0.29, 0.717) is 34.5 Å². The van der Waals surface area contributed by atoms with E-state index in [0.717, 1.165) is 0 Å². The van der Waals surface area contributed by atoms with Gasteiger partial charge < -0.3 is 28.4 Å². The number of para-hydroxylation sites is 6. The average molecular weight is 559 g/mol. The number of benzene rings is 3. The molecule has 4 heterocycles. The third-order valence-electron chi connectivity index (χ3n) is 5.61. The Labute approximate surface area is 238 Å². The summed E-state index contributed by atoms with van der Waals surface area (Å²) in [5.74, 6) is 3.20. The lowest BCUT2D eigenvalue weighted by atomic mass is 10.3. The first-order chi connectivity index (χ1) is 20.7. The van der Waals surface area contributed by atoms with Crippen molar-refractivity contribution in [3.63, 3.8) is 0 Å². The van der Waals surface area contributed by atoms with E-state index in [9.17, 15) is 0 Å². The molecular weight excluding hydrogens is 540 g/mol. The van der Waals surface area contributed by atoms with Gasteiger partial charge in [0, 0.05) is 0 Å². The van der Waals surface area contributed by atoms with E-state index in [1.54, 1.807) is 72.8 Å². The number of ether oxygens (including phenoxy) is 6. The molecule has 0 fully saturated rings. The van der Waals surface area contributed by atoms with Crippen LogP contribution in [-0.4, -0.2) is 29.9 Å². The molecule has 12 nitrogen and oxygen atoms in total. The molecule has 0 amide bonds. The lowest BCUT2D eigenvalue weighted by Crippen LogP contribution is -1.97. The number of fused-ring (bicyclic) bond motifs is 9. The summed E-state index contributed by atoms with van der Waals surface area (Å²) in [4.78, 5) is 25.9. The normalized spacial score (nSPS) is 12.0. The van der Waals surface area contributed by atoms with Gasteiger partial charge in [0.1, 0.15) is 0 Å². The van der Waals surface area contributed by atoms with Gasteiger partial charge in [-0.2, -0.15) is 15.0 Å². The van der Waals surface area contributed by atoms with E-state index in [2.05, 4.69) is 29.9 Å². The van der Waals surface area contributed by atoms with Gasteiger partial charge >= 0.3 is 0 Å². The zero-order valence-corrected chi connectivity index (χ0v) is 21.5. The molecule has 0 N–H and O–H groups in total. The average Bonchev–Trinajstić information content (AvgIpc) is 3.00. The summed E-state index contributed by atoms with van der Waals surface area (Å²) in [6, 6.07) is 21.1. The summed E-state index contributed by atoms with van der Waals surface area (Å²) in [5.41, 5.74) is 0. The molecule has 12 heteroatoms. The zero-order chi connectivity index (χ0) is 28.1. The van der Waals surface area contributed by atoms with Crippen LogP contribution in [0.4, 0.5) is 0 Å². The highest BCUT2D eigenvalue weighted by molar-refractivity contribution is 5.46. The van der Waals surface area contributed by atoms with E-state index < -0.39 is 0 Å². The van der Waals surface area contributed by atoms with E-state index in [1.807, 2.05) is 0 Å². The molecule has 0 saturated carbocycles. The van der Waals surface area contributed by atoms with E-state index in [4.69, 9.17) is 28.4 Å². The van der Waals surface area contributed by atoms with Crippen LogP contribution >= 0.6 is 0 Å². The van der Waals surface area contributed by atoms with Crippen LogP contribution < -0.4 is 28.4 Å². The second kappa shape index (κ2) is 11.1. The van der Waals surface area contributed by atoms with Crippen LogP contribution in [0, 0.1) is 0 Å². The van der Waals surface area contributed by atoms with E-state index in [1.165, 1.54) is 37.2 Å². The second-order valence-corrected chi connectivity index (χ2v) is 8.54. The van der Waals surface area contributed by atoms with Crippen LogP contribution in [0.2, 0.25) is 0 Å². The largest absolute Gasteiger partial charge is 0.433 e. The van der Waals surface area contributed by atoms with Crippen molar-refractivity contribution in [2.24, 2.45) is 0 Å². The standard InChI is InChI=1S/C30H18N6O6/c1-2-8-20-19(7-1)37-25-13-31-15-27(34-25)39-21-9-3-4-10-22(21)41-29-17-33-18-30(36-29)42-24-12-6-5-11-23(24)40-28-16-32-14-26(35-28)38-20/h1-18H. The van der Waals surface area contributed by atoms with Crippen molar-refractivity contribution in [1.29, 1.82) is 0 Å². The van der Waals surface area contributed by atoms with Gasteiger partial charge in [0.05, 0.1) is 37.2 Å². The molecule has 1 aliphatic rings. The summed E-state index contributed by atoms with van der Waals surface area (Å²) in [6.45, 7) is 0. The summed E-state index contributed by atoms with van der Waals surface area (Å²) < 4.78 is 36.1. The monoisotopic (exact) mass is 558 g/mol. The van der Waals surface area contributed by atoms with Gasteiger partial charge in [0.25, 0.3) is 0 Å². The third-order valence-corrected chi connectivity index (χ3v) is 5.61. The lowest BCUT2D eigenvalue weighted by Gasteiger charge is -2.13. The molecule has 42 heavy (non-hydrogen) atoms. The molecule has 0 aliphatic carbocycles. The summed E-state index contributed by atoms with van der Waals surface area (Å²) in [5, 5.41) is 0. The van der Waals surface area contributed by atoms with Crippen LogP contribution in [0.1, 0.15) is 0 Å². The van der Waals surface area contributed by atoms with Gasteiger partial charge in [-0.3, -0.25) is 15.0 Å². The van der Waals surface area contributed by atoms with Gasteiger partial charge in [-0.25, -0.2) is 0 Å². The maximum absolute atomic E-state index is 6.01. The fourth-order valence-electron chi connectivity index (χ4n) is 3.82. The number of hydrogen-bond acceptors (Lipinski definition) is 12. The number of rotatable bonds is 0. The quantitative estimate of drug-likeness (QED) is 0.188. The van der Waals surface area contributed by atoms with Gasteiger partial charge in [-0.1, -0.05) is 36.4 Å². The molecule has 0 radical (unpaired) electrons. The first-order valence-electron chi connectivity index (χ1n) is 12.6. The van der Waals surface area contributed by atoms with Gasteiger partial charge in [0.2, 0.25) is 35.3 Å². The number of hydrogen-bond donors (Lipinski definition) is 0. The molecule has 6 bridgehead atoms. The molecule has 1 aliphatic heterocycles. The fourth-order valence-corrected chi connectivity index (χ4v) is 3.82. The molecule has 6 aromatic rings. The van der Waals surface area contributed by atoms with Crippen LogP contribution in [0.5, 0.6) is 69.8 Å². The minimum Gasteiger partial charge on any atom is -0.433 e. The van der Waals surface area contributed by atoms with Crippen LogP contribution in [-0.2, 0) is 0 Å². The highest BCUT2D eigenvalue weighted by Gasteiger charge is 2.15. The molecule has 3 aromatic carbocycles. The maximum atomic E-state index is 6.01. The number of aromatic nitrogens is 6. The summed E-state index contributed by atoms with van der Waals surface area (Å²) >= 11 is 0. The van der Waals surface area contributed by atoms with E-state index in [-0.39, 0.29) is 35.3 Å². The molecular formula is C30H18N6O6. The highest BCUT2D eigenvalue weighted by atomic mass is 16.6. The first kappa shape index (κ1) is 24.7. The SMILES string of the molecule is c1ccc2c(c1)Oc1cncc(n1)Oc1ccccc1Oc1cncc(n1)Oc1ccccc1Oc1cncc(n1)O2. The Bertz CT molecular complexity index is 1550. The molecule has 204 valence electrons. The Morgan fingerprint density at radius 2 is 0.476 bits per heavy atom. The lowest BCUT2D eigenvalue weighted by molar-refractivity contribution is 0.376. The summed E-state index contributed by atoms with van der Waals surface area (Å²) in [7, 11) is 0. The maximum Gasteiger partial charge on any atom is 0.241 e. The van der Waals surface area contributed by atoms with Gasteiger partial charge in [0.15, 0.2) is 34.5 Å². The van der Waals surface area contributed by atoms with Crippen molar-refractivity contribution in [2.45, 2.75) is 0 Å². The molecule has 0 spiro atoms. The summed E-state index contributed by atoms with van der Waals surface area (Å²) in [6.07, 6.45) is 8.72. The second-order valence-electron chi connectivity index (χ2n) is 8.54. The van der Waals surface area contributed by atoms with Crippen molar-refractivity contribution in [3.05, 3.63) is 110 Å². The van der Waals surface area contributed by atoms with Gasteiger partial charge in [-0.15, -0.1) is 0 Å². The minimum atomic E-state index is 0.170. The minimum absolute atomic E-state index is 0.170. The zero-order valence-electron chi connectivity index (χ0n) is 21.5. The molecule has 0 saturated heterocycles. The Hall–Kier alpha value is -6.30. The van der Waals surface area contributed by atoms with Crippen molar-refractivity contribution >= 4 is 0 Å². The smallest absolute Gasteiger partial charge is 0.241 e. The van der Waals surface area contributed by atoms with Crippen molar-refractivity contribution in [2.75, 3.05) is 0 Å². The Morgan fingerprint density at radius 3 is 0.667 bits per heavy atom. The van der Waals surface area contributed by atoms with Crippen molar-refractivity contribution < 1.29 is 28.4 Å². The van der Waals surface area contributed by atoms with Crippen LogP contribution in [0.25, 0.3) is 0 Å². The van der Waals surface area contributed by atoms with Crippen LogP contribution in [0.15, 0.2) is 110 Å². The van der Waals surface area contributed by atoms with Crippen LogP contribution in [0.3, 0.4) is 0 Å². The Kier molecular flexibility index (Phi) is 6.51. The van der Waals surface area contributed by atoms with Gasteiger partial charge in [-0.05, 0) is 36.4 Å². The highest BCUT2D eigenvalue weighted by Crippen LogP contribution is 2.38. The molecule has 7 rings (SSSR count). The first-order valence-corrected chi connectivity index (χ1v) is 12.6. The predicted molar refractivity (Wildman–Crippen MR) is 146 cm³/mol. The topological polar surface area (TPSA) is 133 Å². The van der Waals surface area contributed by atoms with Crippen molar-refractivity contribution in [3.8, 4) is 69.8 Å². The third kappa shape index (κ3) is 5.53. The predicted octanol–water partition coefficient (Wildman–Crippen LogP) is 7.12. The molecule has 3 aromatic heterocycles. The Balaban J connectivity index is 1.31. The fraction of sp³-hybridized carbons (Fsp3) is 0. The van der Waals surface area contributed by atoms with Crippen molar-refractivity contribution in [1.82, 2.24) is 29.9 Å². The number of nitrogens with zero attached hydrogens (tertiary/aromatic N) is 6.